The Morgan fingerprint density at radius 1 is 1.16 bits per heavy atom. The van der Waals surface area contributed by atoms with Crippen molar-refractivity contribution in [3.05, 3.63) is 69.2 Å². The fourth-order valence-electron chi connectivity index (χ4n) is 1.68. The molecule has 0 aliphatic heterocycles. The summed E-state index contributed by atoms with van der Waals surface area (Å²) in [7, 11) is 0. The summed E-state index contributed by atoms with van der Waals surface area (Å²) in [5, 5.41) is 11.4. The summed E-state index contributed by atoms with van der Waals surface area (Å²) in [6.45, 7) is 0.909. The molecule has 1 N–H and O–H groups in total. The first-order valence-electron chi connectivity index (χ1n) is 5.81. The van der Waals surface area contributed by atoms with E-state index in [0.29, 0.717) is 13.2 Å². The van der Waals surface area contributed by atoms with E-state index < -0.39 is 0 Å². The van der Waals surface area contributed by atoms with Crippen molar-refractivity contribution in [2.75, 3.05) is 0 Å². The summed E-state index contributed by atoms with van der Waals surface area (Å²) in [6.07, 6.45) is 0. The van der Waals surface area contributed by atoms with Gasteiger partial charge in [0.2, 0.25) is 0 Å². The number of hydrogen-bond donors (Lipinski definition) is 1. The van der Waals surface area contributed by atoms with Crippen LogP contribution in [0.1, 0.15) is 11.1 Å². The minimum atomic E-state index is 0.403. The zero-order chi connectivity index (χ0) is 13.5. The Bertz CT molecular complexity index is 581. The standard InChI is InChI=1S/C14H13BrN3O/c15-13-6-7-14(12(8-13)9-17-18-16)19-10-11-4-2-1-3-5-11/h1-8,17H,9-10H2/q+1. The van der Waals surface area contributed by atoms with Crippen molar-refractivity contribution < 1.29 is 4.74 Å². The number of diazo groups is 1. The van der Waals surface area contributed by atoms with Gasteiger partial charge in [-0.2, -0.15) is 0 Å². The van der Waals surface area contributed by atoms with Crippen LogP contribution in [-0.2, 0) is 13.2 Å². The highest BCUT2D eigenvalue weighted by Gasteiger charge is 2.07. The van der Waals surface area contributed by atoms with Crippen molar-refractivity contribution in [1.82, 2.24) is 5.43 Å². The van der Waals surface area contributed by atoms with Crippen LogP contribution in [0.2, 0.25) is 0 Å². The lowest BCUT2D eigenvalue weighted by Crippen LogP contribution is -2.05. The van der Waals surface area contributed by atoms with Gasteiger partial charge in [0.1, 0.15) is 18.9 Å². The Morgan fingerprint density at radius 2 is 1.95 bits per heavy atom. The summed E-state index contributed by atoms with van der Waals surface area (Å²) in [4.78, 5) is 0. The van der Waals surface area contributed by atoms with Crippen LogP contribution >= 0.6 is 15.9 Å². The molecule has 4 nitrogen and oxygen atoms in total. The molecule has 96 valence electrons. The Labute approximate surface area is 120 Å². The van der Waals surface area contributed by atoms with Crippen LogP contribution in [0.4, 0.5) is 0 Å². The van der Waals surface area contributed by atoms with E-state index in [1.54, 1.807) is 0 Å². The van der Waals surface area contributed by atoms with Gasteiger partial charge in [-0.3, -0.25) is 0 Å². The lowest BCUT2D eigenvalue weighted by Gasteiger charge is -2.10. The second kappa shape index (κ2) is 6.76. The maximum atomic E-state index is 8.46. The molecule has 0 spiro atoms. The Morgan fingerprint density at radius 3 is 2.68 bits per heavy atom. The molecule has 0 aliphatic carbocycles. The first-order valence-corrected chi connectivity index (χ1v) is 6.61. The van der Waals surface area contributed by atoms with E-state index in [4.69, 9.17) is 10.1 Å². The first kappa shape index (κ1) is 13.4. The molecule has 0 saturated carbocycles. The van der Waals surface area contributed by atoms with Crippen LogP contribution in [0.3, 0.4) is 0 Å². The van der Waals surface area contributed by atoms with E-state index in [0.717, 1.165) is 21.3 Å². The van der Waals surface area contributed by atoms with Gasteiger partial charge in [-0.05, 0) is 29.2 Å². The maximum Gasteiger partial charge on any atom is 0.303 e. The molecule has 2 aromatic rings. The first-order chi connectivity index (χ1) is 9.29. The molecule has 0 fully saturated rings. The Hall–Kier alpha value is -2.06. The molecule has 2 rings (SSSR count). The van der Waals surface area contributed by atoms with Gasteiger partial charge in [0.05, 0.1) is 0 Å². The Kier molecular flexibility index (Phi) is 4.76. The summed E-state index contributed by atoms with van der Waals surface area (Å²) in [6, 6.07) is 15.7. The van der Waals surface area contributed by atoms with Crippen molar-refractivity contribution in [1.29, 1.82) is 5.39 Å². The van der Waals surface area contributed by atoms with Crippen LogP contribution in [0.25, 0.3) is 5.08 Å². The van der Waals surface area contributed by atoms with E-state index in [-0.39, 0.29) is 0 Å². The van der Waals surface area contributed by atoms with Gasteiger partial charge in [-0.1, -0.05) is 46.3 Å². The molecule has 2 aromatic carbocycles. The number of ether oxygens (including phenoxy) is 1. The van der Waals surface area contributed by atoms with E-state index in [9.17, 15) is 0 Å². The third kappa shape index (κ3) is 3.97. The molecule has 19 heavy (non-hydrogen) atoms. The number of rotatable bonds is 5. The molecule has 0 amide bonds. The van der Waals surface area contributed by atoms with Crippen molar-refractivity contribution in [2.45, 2.75) is 13.2 Å². The maximum absolute atomic E-state index is 8.46. The molecular formula is C14H13BrN3O+. The van der Waals surface area contributed by atoms with Crippen molar-refractivity contribution in [2.24, 2.45) is 0 Å². The average Bonchev–Trinajstić information content (AvgIpc) is 2.45. The predicted octanol–water partition coefficient (Wildman–Crippen LogP) is 3.89. The lowest BCUT2D eigenvalue weighted by molar-refractivity contribution is 0.302. The summed E-state index contributed by atoms with van der Waals surface area (Å²) in [5.41, 5.74) is 4.54. The second-order valence-electron chi connectivity index (χ2n) is 3.96. The Balaban J connectivity index is 2.09. The molecule has 0 aromatic heterocycles. The van der Waals surface area contributed by atoms with Crippen LogP contribution in [0.5, 0.6) is 5.75 Å². The molecule has 0 aliphatic rings. The molecule has 0 saturated heterocycles. The highest BCUT2D eigenvalue weighted by molar-refractivity contribution is 9.10. The monoisotopic (exact) mass is 318 g/mol. The largest absolute Gasteiger partial charge is 0.489 e. The van der Waals surface area contributed by atoms with Crippen molar-refractivity contribution >= 4 is 15.9 Å². The lowest BCUT2D eigenvalue weighted by atomic mass is 10.2. The quantitative estimate of drug-likeness (QED) is 0.672. The van der Waals surface area contributed by atoms with Crippen LogP contribution < -0.4 is 10.2 Å². The van der Waals surface area contributed by atoms with E-state index in [1.165, 1.54) is 0 Å². The minimum Gasteiger partial charge on any atom is -0.489 e. The second-order valence-corrected chi connectivity index (χ2v) is 4.88. The summed E-state index contributed by atoms with van der Waals surface area (Å²) >= 11 is 3.41. The number of halogens is 1. The van der Waals surface area contributed by atoms with Gasteiger partial charge >= 0.3 is 5.08 Å². The van der Waals surface area contributed by atoms with Gasteiger partial charge in [-0.15, -0.1) is 0 Å². The van der Waals surface area contributed by atoms with Crippen molar-refractivity contribution in [3.8, 4) is 5.75 Å². The molecule has 0 atom stereocenters. The summed E-state index contributed by atoms with van der Waals surface area (Å²) in [5.74, 6) is 0.767. The zero-order valence-electron chi connectivity index (χ0n) is 10.2. The molecule has 0 radical (unpaired) electrons. The van der Waals surface area contributed by atoms with Gasteiger partial charge in [-0.25, -0.2) is 0 Å². The number of nitrogens with one attached hydrogen (secondary N) is 1. The van der Waals surface area contributed by atoms with E-state index in [2.05, 4.69) is 26.4 Å². The smallest absolute Gasteiger partial charge is 0.303 e. The number of nitrogens with zero attached hydrogens (tertiary/aromatic N) is 2. The molecule has 0 unspecified atom stereocenters. The third-order valence-corrected chi connectivity index (χ3v) is 3.09. The normalized spacial score (nSPS) is 9.68. The minimum absolute atomic E-state index is 0.403. The topological polar surface area (TPSA) is 49.4 Å². The summed E-state index contributed by atoms with van der Waals surface area (Å²) < 4.78 is 6.74. The van der Waals surface area contributed by atoms with Crippen LogP contribution in [-0.4, -0.2) is 0 Å². The fourth-order valence-corrected chi connectivity index (χ4v) is 2.09. The van der Waals surface area contributed by atoms with Gasteiger partial charge in [0.25, 0.3) is 5.39 Å². The molecule has 5 heteroatoms. The zero-order valence-corrected chi connectivity index (χ0v) is 11.8. The highest BCUT2D eigenvalue weighted by Crippen LogP contribution is 2.24. The molecular weight excluding hydrogens is 306 g/mol. The highest BCUT2D eigenvalue weighted by atomic mass is 79.9. The van der Waals surface area contributed by atoms with E-state index in [1.807, 2.05) is 48.5 Å². The van der Waals surface area contributed by atoms with Crippen LogP contribution in [0, 0.1) is 5.39 Å². The fraction of sp³-hybridized carbons (Fsp3) is 0.143. The van der Waals surface area contributed by atoms with Crippen molar-refractivity contribution in [3.63, 3.8) is 0 Å². The molecule has 0 bridgehead atoms. The van der Waals surface area contributed by atoms with Gasteiger partial charge < -0.3 is 4.74 Å². The number of benzene rings is 2. The SMILES string of the molecule is N#[N+]NCc1cc(Br)ccc1OCc1ccccc1. The number of hydrogen-bond acceptors (Lipinski definition) is 3. The average molecular weight is 319 g/mol. The third-order valence-electron chi connectivity index (χ3n) is 2.60. The van der Waals surface area contributed by atoms with E-state index >= 15 is 0 Å². The van der Waals surface area contributed by atoms with Gasteiger partial charge in [0.15, 0.2) is 0 Å². The van der Waals surface area contributed by atoms with Gasteiger partial charge in [0, 0.05) is 10.0 Å². The molecule has 0 heterocycles. The predicted molar refractivity (Wildman–Crippen MR) is 76.8 cm³/mol. The van der Waals surface area contributed by atoms with Crippen LogP contribution in [0.15, 0.2) is 53.0 Å².